The summed E-state index contributed by atoms with van der Waals surface area (Å²) in [5.74, 6) is 0.767. The van der Waals surface area contributed by atoms with Gasteiger partial charge in [0.05, 0.1) is 0 Å². The van der Waals surface area contributed by atoms with Crippen molar-refractivity contribution in [1.29, 1.82) is 0 Å². The van der Waals surface area contributed by atoms with Gasteiger partial charge in [0.15, 0.2) is 6.79 Å². The van der Waals surface area contributed by atoms with E-state index in [1.54, 1.807) is 19.2 Å². The molecule has 0 heterocycles. The molecular formula is C36H42FO2P. The van der Waals surface area contributed by atoms with E-state index in [0.717, 1.165) is 61.6 Å². The van der Waals surface area contributed by atoms with Gasteiger partial charge in [-0.2, -0.15) is 0 Å². The molecule has 0 aliphatic carbocycles. The molecule has 0 amide bonds. The Hall–Kier alpha value is -3.00. The average Bonchev–Trinajstić information content (AvgIpc) is 2.98. The predicted molar refractivity (Wildman–Crippen MR) is 168 cm³/mol. The van der Waals surface area contributed by atoms with Crippen LogP contribution in [0.2, 0.25) is 0 Å². The first-order valence-electron chi connectivity index (χ1n) is 14.5. The Morgan fingerprint density at radius 3 is 2.02 bits per heavy atom. The number of hydrogen-bond acceptors (Lipinski definition) is 2. The third-order valence-electron chi connectivity index (χ3n) is 7.61. The molecule has 0 saturated heterocycles. The Kier molecular flexibility index (Phi) is 11.3. The van der Waals surface area contributed by atoms with E-state index < -0.39 is 0 Å². The maximum atomic E-state index is 15.2. The molecule has 0 aliphatic rings. The monoisotopic (exact) mass is 556 g/mol. The lowest BCUT2D eigenvalue weighted by Crippen LogP contribution is -2.26. The molecule has 40 heavy (non-hydrogen) atoms. The summed E-state index contributed by atoms with van der Waals surface area (Å²) < 4.78 is 27.1. The second-order valence-corrected chi connectivity index (χ2v) is 12.3. The van der Waals surface area contributed by atoms with E-state index in [1.807, 2.05) is 12.1 Å². The molecule has 0 radical (unpaired) electrons. The zero-order chi connectivity index (χ0) is 28.2. The van der Waals surface area contributed by atoms with Crippen molar-refractivity contribution in [3.8, 4) is 5.75 Å². The molecule has 0 N–H and O–H groups in total. The van der Waals surface area contributed by atoms with Crippen molar-refractivity contribution in [2.75, 3.05) is 13.9 Å². The minimum absolute atomic E-state index is 0.126. The molecule has 4 heteroatoms. The summed E-state index contributed by atoms with van der Waals surface area (Å²) in [6.45, 7) is 4.66. The van der Waals surface area contributed by atoms with E-state index in [1.165, 1.54) is 22.3 Å². The summed E-state index contributed by atoms with van der Waals surface area (Å²) in [4.78, 5) is 0. The van der Waals surface area contributed by atoms with Crippen LogP contribution in [-0.2, 0) is 22.7 Å². The van der Waals surface area contributed by atoms with Crippen LogP contribution in [0.25, 0.3) is 0 Å². The number of benzene rings is 4. The van der Waals surface area contributed by atoms with Gasteiger partial charge in [-0.05, 0) is 47.6 Å². The molecule has 210 valence electrons. The van der Waals surface area contributed by atoms with Crippen molar-refractivity contribution in [3.63, 3.8) is 0 Å². The second kappa shape index (κ2) is 15.1. The van der Waals surface area contributed by atoms with Gasteiger partial charge >= 0.3 is 0 Å². The van der Waals surface area contributed by atoms with Gasteiger partial charge in [0.25, 0.3) is 0 Å². The lowest BCUT2D eigenvalue weighted by Gasteiger charge is -2.36. The van der Waals surface area contributed by atoms with Gasteiger partial charge in [0.2, 0.25) is 0 Å². The molecule has 0 saturated carbocycles. The molecule has 0 bridgehead atoms. The van der Waals surface area contributed by atoms with Crippen molar-refractivity contribution < 1.29 is 13.9 Å². The normalized spacial score (nSPS) is 13.0. The molecule has 2 unspecified atom stereocenters. The highest BCUT2D eigenvalue weighted by Crippen LogP contribution is 2.52. The standard InChI is InChI=1S/C36H42FO2P/c1-4-6-15-22-36(5-2,40-34-21-14-13-20-33(34)37)32-26-30(23-28-16-9-7-10-17-28)25-31(35(32)39-27-38-3)24-29-18-11-8-12-19-29/h7-14,16-21,25-26,40H,4-6,15,22-24,27H2,1-3H3. The highest BCUT2D eigenvalue weighted by atomic mass is 31.1. The zero-order valence-electron chi connectivity index (χ0n) is 24.1. The summed E-state index contributed by atoms with van der Waals surface area (Å²) in [7, 11) is 1.95. The summed E-state index contributed by atoms with van der Waals surface area (Å²) >= 11 is 0. The van der Waals surface area contributed by atoms with Crippen LogP contribution in [0.1, 0.15) is 73.8 Å². The summed E-state index contributed by atoms with van der Waals surface area (Å²) in [6.07, 6.45) is 6.85. The maximum Gasteiger partial charge on any atom is 0.188 e. The Labute approximate surface area is 241 Å². The van der Waals surface area contributed by atoms with Crippen molar-refractivity contribution >= 4 is 13.9 Å². The number of hydrogen-bond donors (Lipinski definition) is 0. The molecule has 4 rings (SSSR count). The SMILES string of the molecule is CCCCCC(CC)(Pc1ccccc1F)c1cc(Cc2ccccc2)cc(Cc2ccccc2)c1OCOC. The Morgan fingerprint density at radius 2 is 1.40 bits per heavy atom. The van der Waals surface area contributed by atoms with Gasteiger partial charge in [0.1, 0.15) is 11.6 Å². The summed E-state index contributed by atoms with van der Waals surface area (Å²) in [5, 5.41) is 0.537. The van der Waals surface area contributed by atoms with E-state index in [2.05, 4.69) is 86.6 Å². The van der Waals surface area contributed by atoms with Crippen molar-refractivity contribution in [1.82, 2.24) is 0 Å². The van der Waals surface area contributed by atoms with Crippen LogP contribution in [-0.4, -0.2) is 13.9 Å². The van der Waals surface area contributed by atoms with Crippen LogP contribution < -0.4 is 10.0 Å². The first-order chi connectivity index (χ1) is 19.6. The number of halogens is 1. The van der Waals surface area contributed by atoms with Crippen LogP contribution in [0.5, 0.6) is 5.75 Å². The van der Waals surface area contributed by atoms with E-state index >= 15 is 4.39 Å². The van der Waals surface area contributed by atoms with Gasteiger partial charge in [-0.1, -0.05) is 133 Å². The topological polar surface area (TPSA) is 18.5 Å². The van der Waals surface area contributed by atoms with E-state index in [0.29, 0.717) is 0 Å². The second-order valence-electron chi connectivity index (χ2n) is 10.5. The first-order valence-corrected chi connectivity index (χ1v) is 15.5. The van der Waals surface area contributed by atoms with Gasteiger partial charge in [-0.25, -0.2) is 4.39 Å². The number of unbranched alkanes of at least 4 members (excludes halogenated alkanes) is 2. The number of methoxy groups -OCH3 is 1. The minimum atomic E-state index is -0.251. The Bertz CT molecular complexity index is 1330. The summed E-state index contributed by atoms with van der Waals surface area (Å²) in [5.41, 5.74) is 6.09. The Morgan fingerprint density at radius 1 is 0.750 bits per heavy atom. The molecule has 4 aromatic carbocycles. The Balaban J connectivity index is 1.92. The van der Waals surface area contributed by atoms with Gasteiger partial charge in [-0.15, -0.1) is 0 Å². The van der Waals surface area contributed by atoms with Gasteiger partial charge in [-0.3, -0.25) is 0 Å². The van der Waals surface area contributed by atoms with Gasteiger partial charge in [0, 0.05) is 29.6 Å². The number of rotatable bonds is 15. The van der Waals surface area contributed by atoms with Gasteiger partial charge < -0.3 is 9.47 Å². The third kappa shape index (κ3) is 7.80. The fraction of sp³-hybridized carbons (Fsp3) is 0.333. The van der Waals surface area contributed by atoms with Crippen LogP contribution in [0.3, 0.4) is 0 Å². The molecule has 2 atom stereocenters. The quantitative estimate of drug-likeness (QED) is 0.0826. The molecule has 0 spiro atoms. The molecule has 0 aromatic heterocycles. The maximum absolute atomic E-state index is 15.2. The fourth-order valence-electron chi connectivity index (χ4n) is 5.50. The minimum Gasteiger partial charge on any atom is -0.467 e. The van der Waals surface area contributed by atoms with E-state index in [4.69, 9.17) is 9.47 Å². The van der Waals surface area contributed by atoms with Crippen LogP contribution >= 0.6 is 8.58 Å². The lowest BCUT2D eigenvalue weighted by atomic mass is 9.84. The fourth-order valence-corrected chi connectivity index (χ4v) is 7.19. The highest BCUT2D eigenvalue weighted by molar-refractivity contribution is 7.48. The van der Waals surface area contributed by atoms with E-state index in [-0.39, 0.29) is 26.3 Å². The smallest absolute Gasteiger partial charge is 0.188 e. The van der Waals surface area contributed by atoms with Crippen molar-refractivity contribution in [2.45, 2.75) is 63.9 Å². The predicted octanol–water partition coefficient (Wildman–Crippen LogP) is 9.18. The lowest BCUT2D eigenvalue weighted by molar-refractivity contribution is 0.0492. The first kappa shape index (κ1) is 30.0. The molecule has 4 aromatic rings. The van der Waals surface area contributed by atoms with Crippen LogP contribution in [0, 0.1) is 5.82 Å². The summed E-state index contributed by atoms with van der Waals surface area (Å²) in [6, 6.07) is 33.1. The number of ether oxygens (including phenoxy) is 2. The van der Waals surface area contributed by atoms with E-state index in [9.17, 15) is 0 Å². The van der Waals surface area contributed by atoms with Crippen LogP contribution in [0.4, 0.5) is 4.39 Å². The largest absolute Gasteiger partial charge is 0.467 e. The molecule has 0 fully saturated rings. The average molecular weight is 557 g/mol. The third-order valence-corrected chi connectivity index (χ3v) is 9.64. The van der Waals surface area contributed by atoms with Crippen molar-refractivity contribution in [2.24, 2.45) is 0 Å². The molecular weight excluding hydrogens is 514 g/mol. The highest BCUT2D eigenvalue weighted by Gasteiger charge is 2.35. The van der Waals surface area contributed by atoms with Crippen molar-refractivity contribution in [3.05, 3.63) is 131 Å². The molecule has 0 aliphatic heterocycles. The zero-order valence-corrected chi connectivity index (χ0v) is 25.1. The molecule has 2 nitrogen and oxygen atoms in total. The van der Waals surface area contributed by atoms with Crippen LogP contribution in [0.15, 0.2) is 97.1 Å².